The second-order valence-electron chi connectivity index (χ2n) is 2.83. The van der Waals surface area contributed by atoms with Gasteiger partial charge in [0.15, 0.2) is 0 Å². The van der Waals surface area contributed by atoms with Crippen LogP contribution in [0.25, 0.3) is 0 Å². The average molecular weight is 207 g/mol. The number of nitrogens with zero attached hydrogens (tertiary/aromatic N) is 2. The van der Waals surface area contributed by atoms with Crippen molar-refractivity contribution in [2.45, 2.75) is 13.3 Å². The van der Waals surface area contributed by atoms with Crippen LogP contribution in [-0.2, 0) is 10.0 Å². The fourth-order valence-corrected chi connectivity index (χ4v) is 1.29. The Morgan fingerprint density at radius 3 is 2.38 bits per heavy atom. The molecular formula is C7H17N3O2S. The molecule has 0 fully saturated rings. The number of amidine groups is 1. The number of hydrogen-bond acceptors (Lipinski definition) is 3. The first kappa shape index (κ1) is 12.4. The molecule has 0 aromatic rings. The molecule has 78 valence electrons. The number of nitrogens with two attached hydrogens (primary N) is 1. The average Bonchev–Trinajstić information content (AvgIpc) is 2.03. The van der Waals surface area contributed by atoms with Crippen LogP contribution in [0.4, 0.5) is 0 Å². The van der Waals surface area contributed by atoms with Crippen molar-refractivity contribution in [3.8, 4) is 0 Å². The Hall–Kier alpha value is -0.620. The first-order chi connectivity index (χ1) is 5.90. The third kappa shape index (κ3) is 4.84. The summed E-state index contributed by atoms with van der Waals surface area (Å²) < 4.78 is 23.6. The highest BCUT2D eigenvalue weighted by atomic mass is 32.2. The van der Waals surface area contributed by atoms with Crippen molar-refractivity contribution in [1.82, 2.24) is 4.31 Å². The molecule has 0 aliphatic rings. The summed E-state index contributed by atoms with van der Waals surface area (Å²) in [5.74, 6) is 0.509. The molecule has 0 amide bonds. The Bertz CT molecular complexity index is 269. The first-order valence-electron chi connectivity index (χ1n) is 4.09. The quantitative estimate of drug-likeness (QED) is 0.494. The third-order valence-electron chi connectivity index (χ3n) is 1.58. The maximum absolute atomic E-state index is 11.2. The maximum atomic E-state index is 11.2. The normalized spacial score (nSPS) is 13.7. The Balaban J connectivity index is 4.05. The van der Waals surface area contributed by atoms with Crippen molar-refractivity contribution in [1.29, 1.82) is 0 Å². The van der Waals surface area contributed by atoms with Crippen molar-refractivity contribution in [3.05, 3.63) is 0 Å². The predicted octanol–water partition coefficient (Wildman–Crippen LogP) is -0.355. The van der Waals surface area contributed by atoms with Crippen LogP contribution >= 0.6 is 0 Å². The van der Waals surface area contributed by atoms with E-state index >= 15 is 0 Å². The molecule has 0 unspecified atom stereocenters. The second-order valence-corrected chi connectivity index (χ2v) is 5.13. The van der Waals surface area contributed by atoms with Gasteiger partial charge in [0.05, 0.1) is 18.1 Å². The highest BCUT2D eigenvalue weighted by molar-refractivity contribution is 7.89. The summed E-state index contributed by atoms with van der Waals surface area (Å²) >= 11 is 0. The molecule has 0 spiro atoms. The van der Waals surface area contributed by atoms with Gasteiger partial charge in [-0.25, -0.2) is 12.7 Å². The number of sulfonamides is 1. The Kier molecular flexibility index (Phi) is 4.94. The maximum Gasteiger partial charge on any atom is 0.215 e. The monoisotopic (exact) mass is 207 g/mol. The summed E-state index contributed by atoms with van der Waals surface area (Å²) in [6.45, 7) is 2.11. The summed E-state index contributed by atoms with van der Waals surface area (Å²) in [7, 11) is -0.127. The zero-order valence-electron chi connectivity index (χ0n) is 8.32. The molecule has 0 rings (SSSR count). The van der Waals surface area contributed by atoms with Gasteiger partial charge in [0, 0.05) is 20.5 Å². The first-order valence-corrected chi connectivity index (χ1v) is 5.70. The van der Waals surface area contributed by atoms with Gasteiger partial charge in [-0.05, 0) is 0 Å². The SMILES string of the molecule is CCC(N)=NCCS(=O)(=O)N(C)C. The Morgan fingerprint density at radius 1 is 1.46 bits per heavy atom. The third-order valence-corrected chi connectivity index (χ3v) is 3.39. The Morgan fingerprint density at radius 2 is 2.00 bits per heavy atom. The van der Waals surface area contributed by atoms with Gasteiger partial charge in [-0.15, -0.1) is 0 Å². The Labute approximate surface area is 79.7 Å². The van der Waals surface area contributed by atoms with Crippen LogP contribution in [0.3, 0.4) is 0 Å². The zero-order valence-corrected chi connectivity index (χ0v) is 9.13. The summed E-state index contributed by atoms with van der Waals surface area (Å²) in [4.78, 5) is 3.90. The molecule has 0 bridgehead atoms. The van der Waals surface area contributed by atoms with Gasteiger partial charge in [0.2, 0.25) is 10.0 Å². The zero-order chi connectivity index (χ0) is 10.5. The van der Waals surface area contributed by atoms with E-state index in [1.54, 1.807) is 0 Å². The molecule has 0 heterocycles. The fraction of sp³-hybridized carbons (Fsp3) is 0.857. The minimum atomic E-state index is -3.13. The lowest BCUT2D eigenvalue weighted by Gasteiger charge is -2.09. The summed E-state index contributed by atoms with van der Waals surface area (Å²) in [5, 5.41) is 0. The highest BCUT2D eigenvalue weighted by Gasteiger charge is 2.11. The van der Waals surface area contributed by atoms with E-state index in [9.17, 15) is 8.42 Å². The van der Waals surface area contributed by atoms with E-state index in [0.717, 1.165) is 0 Å². The second kappa shape index (κ2) is 5.18. The lowest BCUT2D eigenvalue weighted by atomic mass is 10.4. The van der Waals surface area contributed by atoms with Gasteiger partial charge >= 0.3 is 0 Å². The molecule has 0 saturated heterocycles. The molecule has 13 heavy (non-hydrogen) atoms. The van der Waals surface area contributed by atoms with Crippen molar-refractivity contribution in [3.63, 3.8) is 0 Å². The van der Waals surface area contributed by atoms with Gasteiger partial charge in [0.1, 0.15) is 0 Å². The molecule has 0 aliphatic carbocycles. The standard InChI is InChI=1S/C7H17N3O2S/c1-4-7(8)9-5-6-13(11,12)10(2)3/h4-6H2,1-3H3,(H2,8,9). The lowest BCUT2D eigenvalue weighted by molar-refractivity contribution is 0.521. The van der Waals surface area contributed by atoms with Crippen LogP contribution in [0.15, 0.2) is 4.99 Å². The number of rotatable bonds is 5. The largest absolute Gasteiger partial charge is 0.387 e. The van der Waals surface area contributed by atoms with Crippen LogP contribution in [0.2, 0.25) is 0 Å². The van der Waals surface area contributed by atoms with Crippen molar-refractivity contribution < 1.29 is 8.42 Å². The van der Waals surface area contributed by atoms with Gasteiger partial charge in [0.25, 0.3) is 0 Å². The van der Waals surface area contributed by atoms with E-state index in [4.69, 9.17) is 5.73 Å². The summed E-state index contributed by atoms with van der Waals surface area (Å²) in [6, 6.07) is 0. The van der Waals surface area contributed by atoms with Gasteiger partial charge in [-0.1, -0.05) is 6.92 Å². The van der Waals surface area contributed by atoms with Crippen LogP contribution < -0.4 is 5.73 Å². The molecule has 0 aromatic carbocycles. The van der Waals surface area contributed by atoms with E-state index in [1.165, 1.54) is 18.4 Å². The molecule has 0 saturated carbocycles. The smallest absolute Gasteiger partial charge is 0.215 e. The molecular weight excluding hydrogens is 190 g/mol. The van der Waals surface area contributed by atoms with E-state index < -0.39 is 10.0 Å². The minimum absolute atomic E-state index is 0.0146. The van der Waals surface area contributed by atoms with Crippen LogP contribution in [0, 0.1) is 0 Å². The van der Waals surface area contributed by atoms with Crippen LogP contribution in [0.1, 0.15) is 13.3 Å². The summed E-state index contributed by atoms with van der Waals surface area (Å²) in [5.41, 5.74) is 5.42. The topological polar surface area (TPSA) is 75.8 Å². The molecule has 5 nitrogen and oxygen atoms in total. The van der Waals surface area contributed by atoms with Gasteiger partial charge in [-0.3, -0.25) is 4.99 Å². The molecule has 0 aliphatic heterocycles. The molecule has 6 heteroatoms. The molecule has 2 N–H and O–H groups in total. The minimum Gasteiger partial charge on any atom is -0.387 e. The predicted molar refractivity (Wildman–Crippen MR) is 54.3 cm³/mol. The summed E-state index contributed by atoms with van der Waals surface area (Å²) in [6.07, 6.45) is 0.655. The van der Waals surface area contributed by atoms with Crippen molar-refractivity contribution >= 4 is 15.9 Å². The van der Waals surface area contributed by atoms with E-state index in [1.807, 2.05) is 6.92 Å². The molecule has 0 radical (unpaired) electrons. The lowest BCUT2D eigenvalue weighted by Crippen LogP contribution is -2.26. The number of aliphatic imine (C=N–C) groups is 1. The van der Waals surface area contributed by atoms with E-state index in [-0.39, 0.29) is 12.3 Å². The van der Waals surface area contributed by atoms with Gasteiger partial charge < -0.3 is 5.73 Å². The van der Waals surface area contributed by atoms with E-state index in [0.29, 0.717) is 12.3 Å². The van der Waals surface area contributed by atoms with Gasteiger partial charge in [-0.2, -0.15) is 0 Å². The molecule has 0 aromatic heterocycles. The number of hydrogen-bond donors (Lipinski definition) is 1. The fourth-order valence-electron chi connectivity index (χ4n) is 0.599. The molecule has 0 atom stereocenters. The van der Waals surface area contributed by atoms with Crippen molar-refractivity contribution in [2.75, 3.05) is 26.4 Å². The van der Waals surface area contributed by atoms with Crippen molar-refractivity contribution in [2.24, 2.45) is 10.7 Å². The van der Waals surface area contributed by atoms with Crippen LogP contribution in [0.5, 0.6) is 0 Å². The highest BCUT2D eigenvalue weighted by Crippen LogP contribution is 1.93. The van der Waals surface area contributed by atoms with E-state index in [2.05, 4.69) is 4.99 Å². The van der Waals surface area contributed by atoms with Crippen LogP contribution in [-0.4, -0.2) is 45.0 Å².